The number of para-hydroxylation sites is 1. The second kappa shape index (κ2) is 14.7. The van der Waals surface area contributed by atoms with Gasteiger partial charge in [-0.1, -0.05) is 48.5 Å². The molecule has 2 aliphatic heterocycles. The van der Waals surface area contributed by atoms with E-state index in [0.717, 1.165) is 94.9 Å². The number of amides is 3. The lowest BCUT2D eigenvalue weighted by atomic mass is 10.0. The average molecular weight is 524 g/mol. The Labute approximate surface area is 225 Å². The fraction of sp³-hybridized carbons (Fsp3) is 0.517. The van der Waals surface area contributed by atoms with E-state index in [4.69, 9.17) is 9.84 Å². The van der Waals surface area contributed by atoms with E-state index < -0.39 is 6.09 Å². The maximum absolute atomic E-state index is 12.6. The molecule has 0 saturated carbocycles. The van der Waals surface area contributed by atoms with Crippen molar-refractivity contribution in [2.24, 2.45) is 0 Å². The van der Waals surface area contributed by atoms with E-state index >= 15 is 0 Å². The van der Waals surface area contributed by atoms with E-state index in [0.29, 0.717) is 6.54 Å². The van der Waals surface area contributed by atoms with Gasteiger partial charge in [0.1, 0.15) is 6.10 Å². The van der Waals surface area contributed by atoms with Crippen LogP contribution in [0.1, 0.15) is 25.7 Å². The first-order chi connectivity index (χ1) is 18.6. The minimum atomic E-state index is -0.409. The van der Waals surface area contributed by atoms with Crippen molar-refractivity contribution in [2.45, 2.75) is 31.8 Å². The Hall–Kier alpha value is -3.14. The monoisotopic (exact) mass is 523 g/mol. The van der Waals surface area contributed by atoms with Crippen LogP contribution in [-0.2, 0) is 4.74 Å². The van der Waals surface area contributed by atoms with Crippen LogP contribution in [0.25, 0.3) is 11.1 Å². The lowest BCUT2D eigenvalue weighted by Gasteiger charge is -2.32. The second-order valence-electron chi connectivity index (χ2n) is 9.92. The van der Waals surface area contributed by atoms with Crippen LogP contribution in [0.4, 0.5) is 15.3 Å². The molecule has 2 aromatic carbocycles. The summed E-state index contributed by atoms with van der Waals surface area (Å²) < 4.78 is 5.75. The third-order valence-electron chi connectivity index (χ3n) is 7.21. The van der Waals surface area contributed by atoms with Crippen LogP contribution in [0.3, 0.4) is 0 Å². The van der Waals surface area contributed by atoms with Crippen molar-refractivity contribution in [2.75, 3.05) is 70.8 Å². The Kier molecular flexibility index (Phi) is 10.8. The maximum Gasteiger partial charge on any atom is 0.411 e. The smallest absolute Gasteiger partial charge is 0.411 e. The van der Waals surface area contributed by atoms with E-state index in [-0.39, 0.29) is 18.7 Å². The summed E-state index contributed by atoms with van der Waals surface area (Å²) in [5.74, 6) is 0. The summed E-state index contributed by atoms with van der Waals surface area (Å²) in [5.41, 5.74) is 2.76. The number of carbonyl (C=O) groups is 2. The number of likely N-dealkylation sites (tertiary alicyclic amines) is 1. The second-order valence-corrected chi connectivity index (χ2v) is 9.92. The first-order valence-corrected chi connectivity index (χ1v) is 13.8. The largest absolute Gasteiger partial charge is 0.446 e. The quantitative estimate of drug-likeness (QED) is 0.348. The molecule has 38 heavy (non-hydrogen) atoms. The number of rotatable bonds is 13. The molecule has 0 radical (unpaired) electrons. The van der Waals surface area contributed by atoms with Gasteiger partial charge in [-0.15, -0.1) is 0 Å². The zero-order valence-electron chi connectivity index (χ0n) is 22.2. The summed E-state index contributed by atoms with van der Waals surface area (Å²) in [6.45, 7) is 7.38. The fourth-order valence-corrected chi connectivity index (χ4v) is 5.13. The number of hydrogen-bond donors (Lipinski definition) is 3. The van der Waals surface area contributed by atoms with Crippen molar-refractivity contribution in [3.8, 4) is 11.1 Å². The summed E-state index contributed by atoms with van der Waals surface area (Å²) in [6, 6.07) is 17.9. The molecule has 3 amide bonds. The molecular weight excluding hydrogens is 482 g/mol. The van der Waals surface area contributed by atoms with E-state index in [1.807, 2.05) is 64.4 Å². The number of nitrogens with zero attached hydrogens (tertiary/aromatic N) is 3. The van der Waals surface area contributed by atoms with E-state index in [9.17, 15) is 9.59 Å². The predicted molar refractivity (Wildman–Crippen MR) is 149 cm³/mol. The average Bonchev–Trinajstić information content (AvgIpc) is 3.29. The normalized spacial score (nSPS) is 16.7. The highest BCUT2D eigenvalue weighted by Gasteiger charge is 2.28. The van der Waals surface area contributed by atoms with Crippen molar-refractivity contribution in [1.82, 2.24) is 20.0 Å². The number of hydrogen-bond acceptors (Lipinski definition) is 6. The zero-order chi connectivity index (χ0) is 26.6. The molecule has 2 aromatic rings. The lowest BCUT2D eigenvalue weighted by molar-refractivity contribution is 0.0581. The number of urea groups is 1. The fourth-order valence-electron chi connectivity index (χ4n) is 5.13. The molecule has 0 atom stereocenters. The number of ether oxygens (including phenoxy) is 1. The van der Waals surface area contributed by atoms with E-state index in [1.54, 1.807) is 0 Å². The van der Waals surface area contributed by atoms with Crippen LogP contribution in [-0.4, -0.2) is 104 Å². The first kappa shape index (κ1) is 27.9. The summed E-state index contributed by atoms with van der Waals surface area (Å²) >= 11 is 0. The highest BCUT2D eigenvalue weighted by Crippen LogP contribution is 2.28. The first-order valence-electron chi connectivity index (χ1n) is 13.8. The van der Waals surface area contributed by atoms with Crippen molar-refractivity contribution >= 4 is 17.8 Å². The number of carbonyl (C=O) groups excluding carboxylic acids is 2. The van der Waals surface area contributed by atoms with Gasteiger partial charge in [0.2, 0.25) is 0 Å². The van der Waals surface area contributed by atoms with Crippen molar-refractivity contribution in [1.29, 1.82) is 0 Å². The van der Waals surface area contributed by atoms with Crippen LogP contribution < -0.4 is 10.6 Å². The molecule has 0 aliphatic carbocycles. The highest BCUT2D eigenvalue weighted by atomic mass is 16.6. The van der Waals surface area contributed by atoms with Gasteiger partial charge in [0.05, 0.1) is 12.3 Å². The summed E-state index contributed by atoms with van der Waals surface area (Å²) in [6.07, 6.45) is 2.97. The molecular formula is C29H41N5O4. The predicted octanol–water partition coefficient (Wildman–Crippen LogP) is 3.47. The van der Waals surface area contributed by atoms with Gasteiger partial charge in [0, 0.05) is 51.4 Å². The van der Waals surface area contributed by atoms with E-state index in [2.05, 4.69) is 15.5 Å². The molecule has 0 aromatic heterocycles. The molecule has 0 unspecified atom stereocenters. The molecule has 2 saturated heterocycles. The Balaban J connectivity index is 1.12. The molecule has 9 heteroatoms. The Morgan fingerprint density at radius 1 is 0.868 bits per heavy atom. The van der Waals surface area contributed by atoms with Crippen molar-refractivity contribution in [3.63, 3.8) is 0 Å². The minimum Gasteiger partial charge on any atom is -0.446 e. The number of nitrogens with one attached hydrogen (secondary N) is 2. The third kappa shape index (κ3) is 8.18. The SMILES string of the molecule is O=C(Nc1ccccc1-c1ccccc1)OC1CCN(CCCN2CCN(CCCNCCO)C2=O)CC1. The Morgan fingerprint density at radius 3 is 2.29 bits per heavy atom. The summed E-state index contributed by atoms with van der Waals surface area (Å²) in [7, 11) is 0. The van der Waals surface area contributed by atoms with Gasteiger partial charge in [0.15, 0.2) is 0 Å². The molecule has 2 heterocycles. The Bertz CT molecular complexity index is 1010. The highest BCUT2D eigenvalue weighted by molar-refractivity contribution is 5.91. The molecule has 3 N–H and O–H groups in total. The van der Waals surface area contributed by atoms with Crippen LogP contribution in [0.2, 0.25) is 0 Å². The van der Waals surface area contributed by atoms with Gasteiger partial charge in [0.25, 0.3) is 0 Å². The third-order valence-corrected chi connectivity index (χ3v) is 7.21. The number of aliphatic hydroxyl groups is 1. The van der Waals surface area contributed by atoms with Gasteiger partial charge in [-0.2, -0.15) is 0 Å². The van der Waals surface area contributed by atoms with Crippen LogP contribution >= 0.6 is 0 Å². The molecule has 0 spiro atoms. The molecule has 2 aliphatic rings. The number of aliphatic hydroxyl groups excluding tert-OH is 1. The standard InChI is InChI=1S/C29H41N5O4/c35-23-15-30-14-6-17-33-21-22-34(29(33)37)18-7-16-32-19-12-25(13-20-32)38-28(36)31-27-11-5-4-10-26(27)24-8-2-1-3-9-24/h1-5,8-11,25,30,35H,6-7,12-23H2,(H,31,36). The number of anilines is 1. The maximum atomic E-state index is 12.6. The van der Waals surface area contributed by atoms with Gasteiger partial charge in [-0.05, 0) is 50.4 Å². The minimum absolute atomic E-state index is 0.0873. The molecule has 0 bridgehead atoms. The van der Waals surface area contributed by atoms with Gasteiger partial charge in [-0.3, -0.25) is 5.32 Å². The van der Waals surface area contributed by atoms with Gasteiger partial charge >= 0.3 is 12.1 Å². The van der Waals surface area contributed by atoms with Crippen LogP contribution in [0.5, 0.6) is 0 Å². The molecule has 2 fully saturated rings. The number of benzene rings is 2. The van der Waals surface area contributed by atoms with E-state index in [1.165, 1.54) is 0 Å². The van der Waals surface area contributed by atoms with Crippen LogP contribution in [0, 0.1) is 0 Å². The summed E-state index contributed by atoms with van der Waals surface area (Å²) in [4.78, 5) is 31.5. The van der Waals surface area contributed by atoms with Gasteiger partial charge in [-0.25, -0.2) is 9.59 Å². The van der Waals surface area contributed by atoms with Crippen molar-refractivity contribution < 1.29 is 19.4 Å². The van der Waals surface area contributed by atoms with Crippen LogP contribution in [0.15, 0.2) is 54.6 Å². The Morgan fingerprint density at radius 2 is 1.55 bits per heavy atom. The lowest BCUT2D eigenvalue weighted by Crippen LogP contribution is -2.40. The topological polar surface area (TPSA) is 97.4 Å². The zero-order valence-corrected chi connectivity index (χ0v) is 22.2. The molecule has 206 valence electrons. The van der Waals surface area contributed by atoms with Crippen molar-refractivity contribution in [3.05, 3.63) is 54.6 Å². The molecule has 4 rings (SSSR count). The summed E-state index contributed by atoms with van der Waals surface area (Å²) in [5, 5.41) is 14.9. The van der Waals surface area contributed by atoms with Gasteiger partial charge < -0.3 is 29.9 Å². The number of piperidine rings is 1. The molecule has 9 nitrogen and oxygen atoms in total.